The van der Waals surface area contributed by atoms with Gasteiger partial charge in [-0.3, -0.25) is 4.79 Å². The minimum atomic E-state index is -4.82. The first-order valence-electron chi connectivity index (χ1n) is 5.16. The minimum Gasteiger partial charge on any atom is -0.481 e. The van der Waals surface area contributed by atoms with Gasteiger partial charge >= 0.3 is 12.1 Å². The van der Waals surface area contributed by atoms with E-state index in [-0.39, 0.29) is 11.6 Å². The molecule has 19 heavy (non-hydrogen) atoms. The van der Waals surface area contributed by atoms with Crippen molar-refractivity contribution in [3.05, 3.63) is 34.6 Å². The molecule has 0 heterocycles. The molecule has 0 radical (unpaired) electrons. The Bertz CT molecular complexity index is 464. The van der Waals surface area contributed by atoms with E-state index in [1.165, 1.54) is 12.1 Å². The van der Waals surface area contributed by atoms with Crippen LogP contribution in [0.25, 0.3) is 0 Å². The summed E-state index contributed by atoms with van der Waals surface area (Å²) in [6, 6.07) is 3.68. The lowest BCUT2D eigenvalue weighted by atomic mass is 10.1. The summed E-state index contributed by atoms with van der Waals surface area (Å²) in [7, 11) is 0. The van der Waals surface area contributed by atoms with E-state index in [1.807, 2.05) is 0 Å². The number of hydrogen-bond acceptors (Lipinski definition) is 2. The van der Waals surface area contributed by atoms with Crippen molar-refractivity contribution in [3.8, 4) is 0 Å². The van der Waals surface area contributed by atoms with Crippen LogP contribution in [0.3, 0.4) is 0 Å². The van der Waals surface area contributed by atoms with Crippen LogP contribution in [0.4, 0.5) is 17.6 Å². The first-order valence-corrected chi connectivity index (χ1v) is 5.53. The van der Waals surface area contributed by atoms with Crippen molar-refractivity contribution in [2.24, 2.45) is 5.92 Å². The first-order chi connectivity index (χ1) is 8.71. The van der Waals surface area contributed by atoms with Gasteiger partial charge in [0.1, 0.15) is 5.82 Å². The number of hydrogen-bond donors (Lipinski definition) is 2. The third kappa shape index (κ3) is 4.68. The maximum absolute atomic E-state index is 12.8. The second kappa shape index (κ2) is 6.21. The van der Waals surface area contributed by atoms with Gasteiger partial charge in [0.2, 0.25) is 0 Å². The monoisotopic (exact) mass is 299 g/mol. The fourth-order valence-corrected chi connectivity index (χ4v) is 1.56. The van der Waals surface area contributed by atoms with E-state index in [0.717, 1.165) is 6.07 Å². The third-order valence-electron chi connectivity index (χ3n) is 2.35. The van der Waals surface area contributed by atoms with Crippen LogP contribution in [-0.2, 0) is 11.3 Å². The summed E-state index contributed by atoms with van der Waals surface area (Å²) in [5.41, 5.74) is 0.456. The largest absolute Gasteiger partial charge is 0.481 e. The van der Waals surface area contributed by atoms with Gasteiger partial charge in [-0.1, -0.05) is 17.7 Å². The number of halogens is 5. The van der Waals surface area contributed by atoms with E-state index < -0.39 is 30.4 Å². The lowest BCUT2D eigenvalue weighted by molar-refractivity contribution is -0.192. The molecular weight excluding hydrogens is 290 g/mol. The van der Waals surface area contributed by atoms with Gasteiger partial charge in [-0.05, 0) is 17.7 Å². The summed E-state index contributed by atoms with van der Waals surface area (Å²) in [6.45, 7) is -0.812. The van der Waals surface area contributed by atoms with Crippen LogP contribution in [0.5, 0.6) is 0 Å². The summed E-state index contributed by atoms with van der Waals surface area (Å²) < 4.78 is 49.8. The summed E-state index contributed by atoms with van der Waals surface area (Å²) in [5, 5.41) is 10.7. The molecule has 0 aromatic heterocycles. The fourth-order valence-electron chi connectivity index (χ4n) is 1.35. The Morgan fingerprint density at radius 3 is 2.53 bits per heavy atom. The van der Waals surface area contributed by atoms with Crippen LogP contribution in [0.2, 0.25) is 5.02 Å². The highest BCUT2D eigenvalue weighted by molar-refractivity contribution is 6.30. The van der Waals surface area contributed by atoms with Crippen molar-refractivity contribution in [2.75, 3.05) is 6.54 Å². The van der Waals surface area contributed by atoms with Gasteiger partial charge in [0.25, 0.3) is 0 Å². The van der Waals surface area contributed by atoms with Crippen molar-refractivity contribution in [1.29, 1.82) is 0 Å². The van der Waals surface area contributed by atoms with Gasteiger partial charge in [-0.2, -0.15) is 13.2 Å². The molecule has 2 N–H and O–H groups in total. The van der Waals surface area contributed by atoms with Gasteiger partial charge in [-0.15, -0.1) is 0 Å². The average Bonchev–Trinajstić information content (AvgIpc) is 2.26. The van der Waals surface area contributed by atoms with Crippen molar-refractivity contribution < 1.29 is 27.5 Å². The number of carboxylic acid groups (broad SMARTS) is 1. The number of aliphatic carboxylic acids is 1. The van der Waals surface area contributed by atoms with E-state index in [1.54, 1.807) is 0 Å². The molecule has 3 nitrogen and oxygen atoms in total. The van der Waals surface area contributed by atoms with E-state index in [4.69, 9.17) is 16.7 Å². The molecule has 0 aliphatic heterocycles. The zero-order valence-electron chi connectivity index (χ0n) is 9.47. The van der Waals surface area contributed by atoms with Crippen molar-refractivity contribution in [2.45, 2.75) is 12.7 Å². The molecule has 1 atom stereocenters. The number of alkyl halides is 3. The van der Waals surface area contributed by atoms with Crippen LogP contribution in [-0.4, -0.2) is 23.8 Å². The molecule has 0 saturated carbocycles. The Balaban J connectivity index is 2.57. The Labute approximate surface area is 111 Å². The van der Waals surface area contributed by atoms with Crippen LogP contribution in [0.15, 0.2) is 18.2 Å². The summed E-state index contributed by atoms with van der Waals surface area (Å²) >= 11 is 5.50. The molecule has 1 unspecified atom stereocenters. The summed E-state index contributed by atoms with van der Waals surface area (Å²) in [4.78, 5) is 10.5. The number of rotatable bonds is 5. The number of carboxylic acids is 1. The van der Waals surface area contributed by atoms with E-state index in [0.29, 0.717) is 5.56 Å². The molecule has 8 heteroatoms. The standard InChI is InChI=1S/C11H10ClF4NO2/c12-8-3-6(1-2-9(8)13)4-17-5-7(10(18)19)11(14,15)16/h1-3,7,17H,4-5H2,(H,18,19). The normalized spacial score (nSPS) is 13.3. The highest BCUT2D eigenvalue weighted by Crippen LogP contribution is 2.26. The Morgan fingerprint density at radius 1 is 1.42 bits per heavy atom. The molecule has 1 aromatic rings. The van der Waals surface area contributed by atoms with Gasteiger partial charge in [0.15, 0.2) is 5.92 Å². The highest BCUT2D eigenvalue weighted by atomic mass is 35.5. The Hall–Kier alpha value is -1.34. The van der Waals surface area contributed by atoms with Gasteiger partial charge in [-0.25, -0.2) is 4.39 Å². The number of carbonyl (C=O) groups is 1. The molecule has 0 aliphatic rings. The van der Waals surface area contributed by atoms with Gasteiger partial charge in [0.05, 0.1) is 5.02 Å². The smallest absolute Gasteiger partial charge is 0.403 e. The maximum atomic E-state index is 12.8. The molecule has 0 bridgehead atoms. The first kappa shape index (κ1) is 15.7. The zero-order valence-corrected chi connectivity index (χ0v) is 10.2. The van der Waals surface area contributed by atoms with Crippen molar-refractivity contribution in [3.63, 3.8) is 0 Å². The SMILES string of the molecule is O=C(O)C(CNCc1ccc(F)c(Cl)c1)C(F)(F)F. The minimum absolute atomic E-state index is 0.0418. The van der Waals surface area contributed by atoms with Crippen molar-refractivity contribution in [1.82, 2.24) is 5.32 Å². The quantitative estimate of drug-likeness (QED) is 0.822. The molecular formula is C11H10ClF4NO2. The fraction of sp³-hybridized carbons (Fsp3) is 0.364. The van der Waals surface area contributed by atoms with Crippen LogP contribution >= 0.6 is 11.6 Å². The summed E-state index contributed by atoms with van der Waals surface area (Å²) in [5.74, 6) is -5.07. The van der Waals surface area contributed by atoms with Gasteiger partial charge < -0.3 is 10.4 Å². The molecule has 106 valence electrons. The lowest BCUT2D eigenvalue weighted by Gasteiger charge is -2.16. The molecule has 1 aromatic carbocycles. The topological polar surface area (TPSA) is 49.3 Å². The maximum Gasteiger partial charge on any atom is 0.403 e. The molecule has 0 spiro atoms. The second-order valence-electron chi connectivity index (χ2n) is 3.81. The predicted octanol–water partition coefficient (Wildman–Crippen LogP) is 2.83. The summed E-state index contributed by atoms with van der Waals surface area (Å²) in [6.07, 6.45) is -4.82. The molecule has 0 saturated heterocycles. The lowest BCUT2D eigenvalue weighted by Crippen LogP contribution is -2.38. The van der Waals surface area contributed by atoms with E-state index in [9.17, 15) is 22.4 Å². The molecule has 0 aliphatic carbocycles. The average molecular weight is 300 g/mol. The number of nitrogens with one attached hydrogen (secondary N) is 1. The predicted molar refractivity (Wildman–Crippen MR) is 60.3 cm³/mol. The Kier molecular flexibility index (Phi) is 5.13. The molecule has 0 amide bonds. The third-order valence-corrected chi connectivity index (χ3v) is 2.64. The molecule has 0 fully saturated rings. The van der Waals surface area contributed by atoms with E-state index >= 15 is 0 Å². The number of benzene rings is 1. The van der Waals surface area contributed by atoms with Gasteiger partial charge in [0, 0.05) is 13.1 Å². The second-order valence-corrected chi connectivity index (χ2v) is 4.22. The van der Waals surface area contributed by atoms with Crippen LogP contribution in [0, 0.1) is 11.7 Å². The molecule has 1 rings (SSSR count). The van der Waals surface area contributed by atoms with Crippen molar-refractivity contribution >= 4 is 17.6 Å². The highest BCUT2D eigenvalue weighted by Gasteiger charge is 2.44. The zero-order chi connectivity index (χ0) is 14.6. The van der Waals surface area contributed by atoms with E-state index in [2.05, 4.69) is 5.32 Å². The van der Waals surface area contributed by atoms with Crippen LogP contribution in [0.1, 0.15) is 5.56 Å². The van der Waals surface area contributed by atoms with Crippen LogP contribution < -0.4 is 5.32 Å². The Morgan fingerprint density at radius 2 is 2.05 bits per heavy atom.